The van der Waals surface area contributed by atoms with E-state index in [0.717, 1.165) is 12.8 Å². The molecule has 1 saturated carbocycles. The van der Waals surface area contributed by atoms with Crippen LogP contribution in [0.15, 0.2) is 22.0 Å². The van der Waals surface area contributed by atoms with Gasteiger partial charge in [-0.1, -0.05) is 11.6 Å². The lowest BCUT2D eigenvalue weighted by molar-refractivity contribution is 0.596. The fraction of sp³-hybridized carbons (Fsp3) is 0.500. The third-order valence-electron chi connectivity index (χ3n) is 2.78. The highest BCUT2D eigenvalue weighted by molar-refractivity contribution is 7.90. The Morgan fingerprint density at radius 2 is 2.26 bits per heavy atom. The van der Waals surface area contributed by atoms with Gasteiger partial charge in [0.15, 0.2) is 9.84 Å². The zero-order valence-electron chi connectivity index (χ0n) is 10.5. The molecule has 1 N–H and O–H groups in total. The third-order valence-corrected chi connectivity index (χ3v) is 4.78. The maximum Gasteiger partial charge on any atom is 0.251 e. The first-order chi connectivity index (χ1) is 8.89. The van der Waals surface area contributed by atoms with Gasteiger partial charge in [-0.3, -0.25) is 4.79 Å². The van der Waals surface area contributed by atoms with Crippen LogP contribution in [0.4, 0.5) is 0 Å². The summed E-state index contributed by atoms with van der Waals surface area (Å²) in [5.41, 5.74) is 1.81. The van der Waals surface area contributed by atoms with E-state index in [0.29, 0.717) is 17.1 Å². The standard InChI is InChI=1S/C12H15ClN2O3S/c1-8(5-13)6-19(17,18)7-10-4-11(16)15-12(14-10)9-2-3-9/h4-5,9H,2-3,6-7H2,1H3,(H,14,15,16)/b8-5+. The molecule has 1 fully saturated rings. The first-order valence-corrected chi connectivity index (χ1v) is 8.22. The molecular formula is C12H15ClN2O3S. The molecule has 0 atom stereocenters. The summed E-state index contributed by atoms with van der Waals surface area (Å²) in [4.78, 5) is 18.4. The monoisotopic (exact) mass is 302 g/mol. The van der Waals surface area contributed by atoms with E-state index in [1.54, 1.807) is 6.92 Å². The molecule has 1 heterocycles. The van der Waals surface area contributed by atoms with E-state index in [9.17, 15) is 13.2 Å². The van der Waals surface area contributed by atoms with Gasteiger partial charge in [0.1, 0.15) is 5.82 Å². The number of sulfone groups is 1. The number of H-pyrrole nitrogens is 1. The Kier molecular flexibility index (Phi) is 4.10. The summed E-state index contributed by atoms with van der Waals surface area (Å²) < 4.78 is 23.9. The molecule has 19 heavy (non-hydrogen) atoms. The number of halogens is 1. The Hall–Kier alpha value is -1.14. The van der Waals surface area contributed by atoms with Crippen molar-refractivity contribution in [1.82, 2.24) is 9.97 Å². The van der Waals surface area contributed by atoms with Crippen molar-refractivity contribution in [2.45, 2.75) is 31.4 Å². The minimum Gasteiger partial charge on any atom is -0.310 e. The van der Waals surface area contributed by atoms with Gasteiger partial charge in [0.05, 0.1) is 17.2 Å². The average Bonchev–Trinajstić information content (AvgIpc) is 3.10. The lowest BCUT2D eigenvalue weighted by Crippen LogP contribution is -2.17. The first-order valence-electron chi connectivity index (χ1n) is 5.96. The van der Waals surface area contributed by atoms with Crippen LogP contribution in [0, 0.1) is 0 Å². The predicted molar refractivity (Wildman–Crippen MR) is 73.9 cm³/mol. The van der Waals surface area contributed by atoms with Crippen LogP contribution in [0.3, 0.4) is 0 Å². The Morgan fingerprint density at radius 1 is 1.58 bits per heavy atom. The second-order valence-corrected chi connectivity index (χ2v) is 7.17. The molecule has 0 spiro atoms. The van der Waals surface area contributed by atoms with Crippen LogP contribution in [0.2, 0.25) is 0 Å². The van der Waals surface area contributed by atoms with E-state index < -0.39 is 9.84 Å². The van der Waals surface area contributed by atoms with Crippen molar-refractivity contribution in [3.8, 4) is 0 Å². The number of nitrogens with zero attached hydrogens (tertiary/aromatic N) is 1. The number of hydrogen-bond donors (Lipinski definition) is 1. The zero-order valence-corrected chi connectivity index (χ0v) is 12.1. The molecule has 1 aromatic rings. The molecule has 0 bridgehead atoms. The van der Waals surface area contributed by atoms with Crippen molar-refractivity contribution >= 4 is 21.4 Å². The topological polar surface area (TPSA) is 79.9 Å². The lowest BCUT2D eigenvalue weighted by Gasteiger charge is -2.05. The number of hydrogen-bond acceptors (Lipinski definition) is 4. The van der Waals surface area contributed by atoms with E-state index in [2.05, 4.69) is 9.97 Å². The molecule has 0 saturated heterocycles. The van der Waals surface area contributed by atoms with Gasteiger partial charge in [0, 0.05) is 17.5 Å². The Morgan fingerprint density at radius 3 is 2.84 bits per heavy atom. The summed E-state index contributed by atoms with van der Waals surface area (Å²) in [5, 5.41) is 0. The maximum atomic E-state index is 11.9. The molecule has 0 radical (unpaired) electrons. The van der Waals surface area contributed by atoms with Crippen molar-refractivity contribution < 1.29 is 8.42 Å². The number of rotatable bonds is 5. The molecule has 0 unspecified atom stereocenters. The lowest BCUT2D eigenvalue weighted by atomic mass is 10.3. The zero-order chi connectivity index (χ0) is 14.0. The van der Waals surface area contributed by atoms with E-state index in [-0.39, 0.29) is 23.0 Å². The minimum atomic E-state index is -3.35. The van der Waals surface area contributed by atoms with Crippen LogP contribution in [0.1, 0.15) is 37.2 Å². The highest BCUT2D eigenvalue weighted by Gasteiger charge is 2.27. The molecule has 1 aliphatic carbocycles. The third kappa shape index (κ3) is 4.18. The normalized spacial score (nSPS) is 16.6. The van der Waals surface area contributed by atoms with Crippen LogP contribution in [-0.2, 0) is 15.6 Å². The van der Waals surface area contributed by atoms with Crippen molar-refractivity contribution in [3.63, 3.8) is 0 Å². The van der Waals surface area contributed by atoms with Gasteiger partial charge >= 0.3 is 0 Å². The Labute approximate surface area is 116 Å². The Bertz CT molecular complexity index is 660. The molecule has 5 nitrogen and oxygen atoms in total. The second kappa shape index (κ2) is 5.46. The van der Waals surface area contributed by atoms with E-state index in [1.165, 1.54) is 11.6 Å². The van der Waals surface area contributed by atoms with Gasteiger partial charge < -0.3 is 4.98 Å². The highest BCUT2D eigenvalue weighted by Crippen LogP contribution is 2.37. The highest BCUT2D eigenvalue weighted by atomic mass is 35.5. The van der Waals surface area contributed by atoms with Gasteiger partial charge in [-0.15, -0.1) is 0 Å². The summed E-state index contributed by atoms with van der Waals surface area (Å²) in [6.07, 6.45) is 1.99. The van der Waals surface area contributed by atoms with Crippen molar-refractivity contribution in [2.75, 3.05) is 5.75 Å². The molecule has 1 aliphatic rings. The first kappa shape index (κ1) is 14.3. The SMILES string of the molecule is C/C(=C\Cl)CS(=O)(=O)Cc1cc(=O)[nH]c(C2CC2)n1. The van der Waals surface area contributed by atoms with Gasteiger partial charge in [-0.25, -0.2) is 13.4 Å². The van der Waals surface area contributed by atoms with Crippen LogP contribution in [0.5, 0.6) is 0 Å². The van der Waals surface area contributed by atoms with Gasteiger partial charge in [0.25, 0.3) is 5.56 Å². The van der Waals surface area contributed by atoms with E-state index in [4.69, 9.17) is 11.6 Å². The fourth-order valence-corrected chi connectivity index (χ4v) is 3.45. The van der Waals surface area contributed by atoms with E-state index in [1.807, 2.05) is 0 Å². The summed E-state index contributed by atoms with van der Waals surface area (Å²) in [6.45, 7) is 1.64. The van der Waals surface area contributed by atoms with E-state index >= 15 is 0 Å². The van der Waals surface area contributed by atoms with Crippen LogP contribution in [-0.4, -0.2) is 24.1 Å². The van der Waals surface area contributed by atoms with Crippen LogP contribution < -0.4 is 5.56 Å². The minimum absolute atomic E-state index is 0.121. The van der Waals surface area contributed by atoms with Crippen LogP contribution in [0.25, 0.3) is 0 Å². The molecule has 7 heteroatoms. The van der Waals surface area contributed by atoms with Gasteiger partial charge in [-0.05, 0) is 25.3 Å². The molecule has 0 aromatic carbocycles. The second-order valence-electron chi connectivity index (χ2n) is 4.88. The summed E-state index contributed by atoms with van der Waals surface area (Å²) in [5.74, 6) is 0.518. The molecule has 2 rings (SSSR count). The number of aromatic nitrogens is 2. The number of aromatic amines is 1. The Balaban J connectivity index is 2.21. The van der Waals surface area contributed by atoms with Crippen molar-refractivity contribution in [2.24, 2.45) is 0 Å². The maximum absolute atomic E-state index is 11.9. The molecule has 0 amide bonds. The molecule has 1 aromatic heterocycles. The largest absolute Gasteiger partial charge is 0.310 e. The van der Waals surface area contributed by atoms with Gasteiger partial charge in [0.2, 0.25) is 0 Å². The average molecular weight is 303 g/mol. The van der Waals surface area contributed by atoms with Crippen molar-refractivity contribution in [3.05, 3.63) is 39.0 Å². The molecular weight excluding hydrogens is 288 g/mol. The molecule has 0 aliphatic heterocycles. The summed E-state index contributed by atoms with van der Waals surface area (Å²) in [6, 6.07) is 1.24. The number of nitrogens with one attached hydrogen (secondary N) is 1. The van der Waals surface area contributed by atoms with Crippen LogP contribution >= 0.6 is 11.6 Å². The van der Waals surface area contributed by atoms with Crippen molar-refractivity contribution in [1.29, 1.82) is 0 Å². The smallest absolute Gasteiger partial charge is 0.251 e. The summed E-state index contributed by atoms with van der Waals surface area (Å²) in [7, 11) is -3.35. The molecule has 104 valence electrons. The predicted octanol–water partition coefficient (Wildman–Crippen LogP) is 1.70. The fourth-order valence-electron chi connectivity index (χ4n) is 1.81. The quantitative estimate of drug-likeness (QED) is 0.898. The summed E-state index contributed by atoms with van der Waals surface area (Å²) >= 11 is 5.46. The van der Waals surface area contributed by atoms with Gasteiger partial charge in [-0.2, -0.15) is 0 Å².